The van der Waals surface area contributed by atoms with Crippen LogP contribution in [0.15, 0.2) is 24.5 Å². The lowest BCUT2D eigenvalue weighted by Crippen LogP contribution is -1.97. The molecule has 0 radical (unpaired) electrons. The van der Waals surface area contributed by atoms with Gasteiger partial charge in [0, 0.05) is 19.4 Å². The van der Waals surface area contributed by atoms with Crippen molar-refractivity contribution in [1.29, 1.82) is 5.26 Å². The molecule has 2 aromatic rings. The predicted molar refractivity (Wildman–Crippen MR) is 64.3 cm³/mol. The summed E-state index contributed by atoms with van der Waals surface area (Å²) in [6.45, 7) is 1.91. The Bertz CT molecular complexity index is 549. The van der Waals surface area contributed by atoms with Gasteiger partial charge in [-0.15, -0.1) is 0 Å². The van der Waals surface area contributed by atoms with E-state index in [0.29, 0.717) is 5.69 Å². The molecule has 0 aliphatic rings. The van der Waals surface area contributed by atoms with Crippen molar-refractivity contribution < 1.29 is 0 Å². The van der Waals surface area contributed by atoms with Crippen LogP contribution in [0, 0.1) is 18.3 Å². The molecule has 17 heavy (non-hydrogen) atoms. The summed E-state index contributed by atoms with van der Waals surface area (Å²) in [5.74, 6) is 0.881. The zero-order valence-electron chi connectivity index (χ0n) is 10.0. The third kappa shape index (κ3) is 2.34. The lowest BCUT2D eigenvalue weighted by molar-refractivity contribution is 0.844. The smallest absolute Gasteiger partial charge is 0.143 e. The zero-order chi connectivity index (χ0) is 12.3. The number of aryl methyl sites for hydroxylation is 3. The Morgan fingerprint density at radius 3 is 2.65 bits per heavy atom. The predicted octanol–water partition coefficient (Wildman–Crippen LogP) is 1.78. The van der Waals surface area contributed by atoms with Crippen molar-refractivity contribution in [3.8, 4) is 6.07 Å². The van der Waals surface area contributed by atoms with Crippen molar-refractivity contribution in [2.75, 3.05) is 0 Å². The molecule has 0 bridgehead atoms. The van der Waals surface area contributed by atoms with Crippen LogP contribution in [0.5, 0.6) is 0 Å². The monoisotopic (exact) mass is 226 g/mol. The standard InChI is InChI=1S/C13H14N4/c1-10-16-12(13(9-14)17(10)2)4-3-11-5-7-15-8-6-11/h5-8H,3-4H2,1-2H3. The fraction of sp³-hybridized carbons (Fsp3) is 0.308. The summed E-state index contributed by atoms with van der Waals surface area (Å²) >= 11 is 0. The second-order valence-corrected chi connectivity index (χ2v) is 3.98. The maximum atomic E-state index is 9.09. The molecule has 0 atom stereocenters. The minimum Gasteiger partial charge on any atom is -0.323 e. The van der Waals surface area contributed by atoms with E-state index in [1.54, 1.807) is 12.4 Å². The van der Waals surface area contributed by atoms with Crippen LogP contribution in [0.2, 0.25) is 0 Å². The molecular formula is C13H14N4. The summed E-state index contributed by atoms with van der Waals surface area (Å²) in [7, 11) is 1.87. The van der Waals surface area contributed by atoms with E-state index in [1.165, 1.54) is 5.56 Å². The molecule has 2 heterocycles. The van der Waals surface area contributed by atoms with E-state index in [2.05, 4.69) is 16.0 Å². The van der Waals surface area contributed by atoms with Gasteiger partial charge in [0.25, 0.3) is 0 Å². The minimum atomic E-state index is 0.663. The molecule has 0 saturated carbocycles. The molecular weight excluding hydrogens is 212 g/mol. The highest BCUT2D eigenvalue weighted by Gasteiger charge is 2.11. The van der Waals surface area contributed by atoms with Crippen LogP contribution in [0.25, 0.3) is 0 Å². The first-order chi connectivity index (χ1) is 8.22. The first kappa shape index (κ1) is 11.3. The second-order valence-electron chi connectivity index (χ2n) is 3.98. The highest BCUT2D eigenvalue weighted by Crippen LogP contribution is 2.12. The Morgan fingerprint density at radius 1 is 1.29 bits per heavy atom. The summed E-state index contributed by atoms with van der Waals surface area (Å²) in [5.41, 5.74) is 2.76. The zero-order valence-corrected chi connectivity index (χ0v) is 10.0. The summed E-state index contributed by atoms with van der Waals surface area (Å²) in [5, 5.41) is 9.09. The van der Waals surface area contributed by atoms with Crippen LogP contribution in [0.4, 0.5) is 0 Å². The Balaban J connectivity index is 2.15. The SMILES string of the molecule is Cc1nc(CCc2ccncc2)c(C#N)n1C. The number of hydrogen-bond donors (Lipinski definition) is 0. The number of rotatable bonds is 3. The number of pyridine rings is 1. The van der Waals surface area contributed by atoms with Gasteiger partial charge in [-0.1, -0.05) is 0 Å². The van der Waals surface area contributed by atoms with Gasteiger partial charge in [-0.2, -0.15) is 5.26 Å². The number of nitriles is 1. The first-order valence-corrected chi connectivity index (χ1v) is 5.53. The number of hydrogen-bond acceptors (Lipinski definition) is 3. The van der Waals surface area contributed by atoms with Crippen LogP contribution in [-0.4, -0.2) is 14.5 Å². The highest BCUT2D eigenvalue weighted by molar-refractivity contribution is 5.30. The molecule has 2 rings (SSSR count). The fourth-order valence-electron chi connectivity index (χ4n) is 1.80. The summed E-state index contributed by atoms with van der Waals surface area (Å²) < 4.78 is 1.84. The topological polar surface area (TPSA) is 54.5 Å². The molecule has 0 N–H and O–H groups in total. The second kappa shape index (κ2) is 4.79. The molecule has 0 fully saturated rings. The Morgan fingerprint density at radius 2 is 2.00 bits per heavy atom. The average Bonchev–Trinajstić information content (AvgIpc) is 2.63. The largest absolute Gasteiger partial charge is 0.323 e. The molecule has 0 saturated heterocycles. The van der Waals surface area contributed by atoms with Crippen molar-refractivity contribution in [2.24, 2.45) is 7.05 Å². The van der Waals surface area contributed by atoms with E-state index in [1.807, 2.05) is 30.7 Å². The maximum absolute atomic E-state index is 9.09. The van der Waals surface area contributed by atoms with E-state index < -0.39 is 0 Å². The van der Waals surface area contributed by atoms with E-state index >= 15 is 0 Å². The molecule has 2 aromatic heterocycles. The van der Waals surface area contributed by atoms with Crippen LogP contribution in [-0.2, 0) is 19.9 Å². The van der Waals surface area contributed by atoms with Crippen LogP contribution >= 0.6 is 0 Å². The third-order valence-electron chi connectivity index (χ3n) is 2.90. The number of aromatic nitrogens is 3. The fourth-order valence-corrected chi connectivity index (χ4v) is 1.80. The molecule has 0 aromatic carbocycles. The number of nitrogens with zero attached hydrogens (tertiary/aromatic N) is 4. The van der Waals surface area contributed by atoms with Gasteiger partial charge in [-0.05, 0) is 37.5 Å². The highest BCUT2D eigenvalue weighted by atomic mass is 15.1. The molecule has 4 nitrogen and oxygen atoms in total. The van der Waals surface area contributed by atoms with E-state index in [-0.39, 0.29) is 0 Å². The first-order valence-electron chi connectivity index (χ1n) is 5.53. The van der Waals surface area contributed by atoms with Gasteiger partial charge in [0.1, 0.15) is 17.6 Å². The van der Waals surface area contributed by atoms with Crippen molar-refractivity contribution >= 4 is 0 Å². The lowest BCUT2D eigenvalue weighted by Gasteiger charge is -1.99. The molecule has 0 spiro atoms. The van der Waals surface area contributed by atoms with Gasteiger partial charge in [-0.3, -0.25) is 4.98 Å². The van der Waals surface area contributed by atoms with E-state index in [4.69, 9.17) is 5.26 Å². The average molecular weight is 226 g/mol. The molecule has 0 aliphatic carbocycles. The van der Waals surface area contributed by atoms with Crippen molar-refractivity contribution in [3.05, 3.63) is 47.3 Å². The summed E-state index contributed by atoms with van der Waals surface area (Å²) in [6.07, 6.45) is 5.23. The van der Waals surface area contributed by atoms with Gasteiger partial charge in [0.15, 0.2) is 0 Å². The van der Waals surface area contributed by atoms with Crippen molar-refractivity contribution in [3.63, 3.8) is 0 Å². The quantitative estimate of drug-likeness (QED) is 0.801. The van der Waals surface area contributed by atoms with Gasteiger partial charge < -0.3 is 4.57 Å². The van der Waals surface area contributed by atoms with Gasteiger partial charge >= 0.3 is 0 Å². The van der Waals surface area contributed by atoms with Crippen molar-refractivity contribution in [2.45, 2.75) is 19.8 Å². The molecule has 86 valence electrons. The Hall–Kier alpha value is -2.15. The van der Waals surface area contributed by atoms with Gasteiger partial charge in [-0.25, -0.2) is 4.98 Å². The number of imidazole rings is 1. The van der Waals surface area contributed by atoms with Gasteiger partial charge in [0.05, 0.1) is 5.69 Å². The summed E-state index contributed by atoms with van der Waals surface area (Å²) in [6, 6.07) is 6.18. The molecule has 0 unspecified atom stereocenters. The molecule has 0 amide bonds. The minimum absolute atomic E-state index is 0.663. The summed E-state index contributed by atoms with van der Waals surface area (Å²) in [4.78, 5) is 8.40. The Labute approximate surface area is 101 Å². The lowest BCUT2D eigenvalue weighted by atomic mass is 10.1. The van der Waals surface area contributed by atoms with E-state index in [9.17, 15) is 0 Å². The van der Waals surface area contributed by atoms with Crippen LogP contribution in [0.1, 0.15) is 22.8 Å². The van der Waals surface area contributed by atoms with Gasteiger partial charge in [0.2, 0.25) is 0 Å². The molecule has 0 aliphatic heterocycles. The Kier molecular flexibility index (Phi) is 3.20. The van der Waals surface area contributed by atoms with E-state index in [0.717, 1.165) is 24.4 Å². The normalized spacial score (nSPS) is 10.2. The third-order valence-corrected chi connectivity index (χ3v) is 2.90. The molecule has 4 heteroatoms. The maximum Gasteiger partial charge on any atom is 0.143 e. The van der Waals surface area contributed by atoms with Crippen molar-refractivity contribution in [1.82, 2.24) is 14.5 Å². The van der Waals surface area contributed by atoms with Crippen LogP contribution in [0.3, 0.4) is 0 Å². The van der Waals surface area contributed by atoms with Crippen LogP contribution < -0.4 is 0 Å².